The maximum atomic E-state index is 12.3. The van der Waals surface area contributed by atoms with Crippen molar-refractivity contribution in [3.05, 3.63) is 42.4 Å². The van der Waals surface area contributed by atoms with Gasteiger partial charge in [0.2, 0.25) is 0 Å². The molecule has 0 aliphatic carbocycles. The van der Waals surface area contributed by atoms with Gasteiger partial charge in [0, 0.05) is 12.4 Å². The molecular weight excluding hydrogens is 320 g/mol. The molecule has 2 aromatic heterocycles. The lowest BCUT2D eigenvalue weighted by molar-refractivity contribution is -0.131. The van der Waals surface area contributed by atoms with E-state index in [1.54, 1.807) is 36.7 Å². The molecule has 1 aliphatic rings. The Hall–Kier alpha value is -3.49. The molecular formula is C17H14N6O2. The Morgan fingerprint density at radius 1 is 1.24 bits per heavy atom. The summed E-state index contributed by atoms with van der Waals surface area (Å²) >= 11 is 0. The summed E-state index contributed by atoms with van der Waals surface area (Å²) in [7, 11) is 0. The first-order chi connectivity index (χ1) is 12.2. The number of carbonyl (C=O) groups excluding carboxylic acids is 1. The van der Waals surface area contributed by atoms with E-state index >= 15 is 0 Å². The molecule has 1 aliphatic heterocycles. The molecule has 3 heterocycles. The van der Waals surface area contributed by atoms with E-state index in [-0.39, 0.29) is 12.5 Å². The van der Waals surface area contributed by atoms with Gasteiger partial charge in [0.1, 0.15) is 17.6 Å². The van der Waals surface area contributed by atoms with Gasteiger partial charge in [-0.15, -0.1) is 0 Å². The molecule has 1 N–H and O–H groups in total. The van der Waals surface area contributed by atoms with Crippen molar-refractivity contribution in [1.29, 1.82) is 10.5 Å². The minimum absolute atomic E-state index is 0.220. The Morgan fingerprint density at radius 2 is 2.00 bits per heavy atom. The van der Waals surface area contributed by atoms with E-state index in [0.717, 1.165) is 11.1 Å². The van der Waals surface area contributed by atoms with Gasteiger partial charge in [0.15, 0.2) is 12.3 Å². The molecule has 0 saturated carbocycles. The van der Waals surface area contributed by atoms with Crippen LogP contribution in [0.5, 0.6) is 0 Å². The molecule has 0 bridgehead atoms. The van der Waals surface area contributed by atoms with E-state index < -0.39 is 6.10 Å². The molecule has 0 spiro atoms. The van der Waals surface area contributed by atoms with Crippen LogP contribution in [0, 0.1) is 22.8 Å². The van der Waals surface area contributed by atoms with E-state index in [4.69, 9.17) is 15.3 Å². The largest absolute Gasteiger partial charge is 0.365 e. The van der Waals surface area contributed by atoms with Gasteiger partial charge in [0.05, 0.1) is 19.7 Å². The highest BCUT2D eigenvalue weighted by Crippen LogP contribution is 2.21. The number of carbonyl (C=O) groups is 1. The highest BCUT2D eigenvalue weighted by molar-refractivity contribution is 5.94. The van der Waals surface area contributed by atoms with Crippen molar-refractivity contribution >= 4 is 11.7 Å². The van der Waals surface area contributed by atoms with Crippen molar-refractivity contribution in [3.63, 3.8) is 0 Å². The molecule has 1 saturated heterocycles. The number of aromatic nitrogens is 2. The summed E-state index contributed by atoms with van der Waals surface area (Å²) < 4.78 is 5.41. The molecule has 1 fully saturated rings. The highest BCUT2D eigenvalue weighted by atomic mass is 16.5. The SMILES string of the molecule is N#Cc1cc(-c2ccnc(NC(=O)C3CN(C#N)CCO3)c2)ccn1. The van der Waals surface area contributed by atoms with E-state index in [1.807, 2.05) is 12.3 Å². The minimum atomic E-state index is -0.718. The van der Waals surface area contributed by atoms with Crippen LogP contribution in [0.2, 0.25) is 0 Å². The number of morpholine rings is 1. The number of ether oxygens (including phenoxy) is 1. The number of amides is 1. The zero-order valence-electron chi connectivity index (χ0n) is 13.2. The van der Waals surface area contributed by atoms with Crippen LogP contribution in [0.25, 0.3) is 11.1 Å². The van der Waals surface area contributed by atoms with Crippen molar-refractivity contribution in [1.82, 2.24) is 14.9 Å². The summed E-state index contributed by atoms with van der Waals surface area (Å²) in [4.78, 5) is 21.9. The first-order valence-electron chi connectivity index (χ1n) is 7.59. The molecule has 8 heteroatoms. The first-order valence-corrected chi connectivity index (χ1v) is 7.59. The summed E-state index contributed by atoms with van der Waals surface area (Å²) in [6, 6.07) is 8.92. The van der Waals surface area contributed by atoms with Crippen LogP contribution in [0.15, 0.2) is 36.7 Å². The Labute approximate surface area is 144 Å². The van der Waals surface area contributed by atoms with Gasteiger partial charge < -0.3 is 15.0 Å². The van der Waals surface area contributed by atoms with E-state index in [0.29, 0.717) is 24.7 Å². The van der Waals surface area contributed by atoms with Crippen molar-refractivity contribution in [2.24, 2.45) is 0 Å². The third kappa shape index (κ3) is 3.89. The molecule has 2 aromatic rings. The maximum absolute atomic E-state index is 12.3. The number of nitrogens with one attached hydrogen (secondary N) is 1. The van der Waals surface area contributed by atoms with Crippen LogP contribution >= 0.6 is 0 Å². The monoisotopic (exact) mass is 334 g/mol. The lowest BCUT2D eigenvalue weighted by Crippen LogP contribution is -2.46. The number of nitriles is 2. The van der Waals surface area contributed by atoms with Gasteiger partial charge >= 0.3 is 0 Å². The fraction of sp³-hybridized carbons (Fsp3) is 0.235. The molecule has 1 amide bonds. The summed E-state index contributed by atoms with van der Waals surface area (Å²) in [5, 5.41) is 20.6. The Balaban J connectivity index is 1.74. The third-order valence-electron chi connectivity index (χ3n) is 3.72. The topological polar surface area (TPSA) is 115 Å². The normalized spacial score (nSPS) is 16.6. The summed E-state index contributed by atoms with van der Waals surface area (Å²) in [6.45, 7) is 1.03. The van der Waals surface area contributed by atoms with Crippen LogP contribution in [0.4, 0.5) is 5.82 Å². The quantitative estimate of drug-likeness (QED) is 0.837. The van der Waals surface area contributed by atoms with Crippen molar-refractivity contribution in [3.8, 4) is 23.4 Å². The number of pyridine rings is 2. The zero-order chi connectivity index (χ0) is 17.6. The van der Waals surface area contributed by atoms with Crippen LogP contribution < -0.4 is 5.32 Å². The second-order valence-electron chi connectivity index (χ2n) is 5.37. The summed E-state index contributed by atoms with van der Waals surface area (Å²) in [6.07, 6.45) is 4.43. The highest BCUT2D eigenvalue weighted by Gasteiger charge is 2.26. The molecule has 25 heavy (non-hydrogen) atoms. The average molecular weight is 334 g/mol. The molecule has 1 unspecified atom stereocenters. The predicted molar refractivity (Wildman–Crippen MR) is 87.7 cm³/mol. The maximum Gasteiger partial charge on any atom is 0.256 e. The van der Waals surface area contributed by atoms with Gasteiger partial charge in [-0.25, -0.2) is 9.97 Å². The fourth-order valence-corrected chi connectivity index (χ4v) is 2.46. The molecule has 3 rings (SSSR count). The molecule has 0 radical (unpaired) electrons. The molecule has 124 valence electrons. The van der Waals surface area contributed by atoms with Gasteiger partial charge in [-0.3, -0.25) is 4.79 Å². The van der Waals surface area contributed by atoms with Crippen molar-refractivity contribution in [2.75, 3.05) is 25.0 Å². The smallest absolute Gasteiger partial charge is 0.256 e. The van der Waals surface area contributed by atoms with Crippen LogP contribution in [-0.4, -0.2) is 46.6 Å². The van der Waals surface area contributed by atoms with Gasteiger partial charge in [-0.05, 0) is 35.4 Å². The lowest BCUT2D eigenvalue weighted by atomic mass is 10.1. The zero-order valence-corrected chi connectivity index (χ0v) is 13.2. The summed E-state index contributed by atoms with van der Waals surface area (Å²) in [5.74, 6) is 0.0209. The second-order valence-corrected chi connectivity index (χ2v) is 5.37. The van der Waals surface area contributed by atoms with Crippen molar-refractivity contribution in [2.45, 2.75) is 6.10 Å². The van der Waals surface area contributed by atoms with Gasteiger partial charge in [-0.2, -0.15) is 10.5 Å². The Bertz CT molecular complexity index is 870. The average Bonchev–Trinajstić information content (AvgIpc) is 2.68. The van der Waals surface area contributed by atoms with Gasteiger partial charge in [-0.1, -0.05) is 0 Å². The van der Waals surface area contributed by atoms with Crippen LogP contribution in [0.3, 0.4) is 0 Å². The first kappa shape index (κ1) is 16.4. The van der Waals surface area contributed by atoms with Crippen LogP contribution in [-0.2, 0) is 9.53 Å². The number of rotatable bonds is 3. The second kappa shape index (κ2) is 7.39. The van der Waals surface area contributed by atoms with E-state index in [9.17, 15) is 4.79 Å². The molecule has 1 atom stereocenters. The lowest BCUT2D eigenvalue weighted by Gasteiger charge is -2.28. The molecule has 0 aromatic carbocycles. The number of anilines is 1. The van der Waals surface area contributed by atoms with Gasteiger partial charge in [0.25, 0.3) is 5.91 Å². The standard InChI is InChI=1S/C17H14N6O2/c18-9-14-7-12(1-3-20-14)13-2-4-21-16(8-13)22-17(24)15-10-23(11-19)5-6-25-15/h1-4,7-8,15H,5-6,10H2,(H,21,22,24). The number of hydrogen-bond donors (Lipinski definition) is 1. The Kier molecular flexibility index (Phi) is 4.84. The fourth-order valence-electron chi connectivity index (χ4n) is 2.46. The number of nitrogens with zero attached hydrogens (tertiary/aromatic N) is 5. The minimum Gasteiger partial charge on any atom is -0.365 e. The third-order valence-corrected chi connectivity index (χ3v) is 3.72. The van der Waals surface area contributed by atoms with Crippen LogP contribution in [0.1, 0.15) is 5.69 Å². The van der Waals surface area contributed by atoms with E-state index in [1.165, 1.54) is 4.90 Å². The predicted octanol–water partition coefficient (Wildman–Crippen LogP) is 1.14. The Morgan fingerprint density at radius 3 is 2.76 bits per heavy atom. The van der Waals surface area contributed by atoms with E-state index in [2.05, 4.69) is 15.3 Å². The van der Waals surface area contributed by atoms with Crippen molar-refractivity contribution < 1.29 is 9.53 Å². The molecule has 8 nitrogen and oxygen atoms in total. The number of hydrogen-bond acceptors (Lipinski definition) is 7. The summed E-state index contributed by atoms with van der Waals surface area (Å²) in [5.41, 5.74) is 1.91.